The number of rotatable bonds is 7. The fraction of sp³-hybridized carbons (Fsp3) is 0.259. The Kier molecular flexibility index (Phi) is 6.70. The number of carboxylic acids is 1. The fourth-order valence-corrected chi connectivity index (χ4v) is 5.39. The first-order chi connectivity index (χ1) is 17.7. The number of halogens is 2. The molecule has 0 radical (unpaired) electrons. The summed E-state index contributed by atoms with van der Waals surface area (Å²) in [7, 11) is 1.41. The minimum Gasteiger partial charge on any atom is -0.494 e. The van der Waals surface area contributed by atoms with Crippen LogP contribution in [0.3, 0.4) is 0 Å². The molecule has 0 spiro atoms. The van der Waals surface area contributed by atoms with E-state index in [1.54, 1.807) is 5.38 Å². The third kappa shape index (κ3) is 5.35. The average molecular weight is 526 g/mol. The number of carbonyl (C=O) groups is 1. The smallest absolute Gasteiger partial charge is 0.335 e. The first kappa shape index (κ1) is 24.9. The molecular formula is C27H25F2N3O4S. The number of ether oxygens (including phenoxy) is 1. The van der Waals surface area contributed by atoms with Crippen molar-refractivity contribution in [2.45, 2.75) is 37.5 Å². The lowest BCUT2D eigenvalue weighted by Crippen LogP contribution is -2.26. The van der Waals surface area contributed by atoms with Crippen LogP contribution in [-0.2, 0) is 0 Å². The average Bonchev–Trinajstić information content (AvgIpc) is 3.39. The summed E-state index contributed by atoms with van der Waals surface area (Å²) in [6, 6.07) is 16.3. The van der Waals surface area contributed by atoms with Crippen molar-refractivity contribution in [3.63, 3.8) is 0 Å². The Morgan fingerprint density at radius 3 is 2.59 bits per heavy atom. The van der Waals surface area contributed by atoms with E-state index in [-0.39, 0.29) is 35.9 Å². The summed E-state index contributed by atoms with van der Waals surface area (Å²) in [5.74, 6) is -3.00. The topological polar surface area (TPSA) is 94.9 Å². The van der Waals surface area contributed by atoms with Gasteiger partial charge < -0.3 is 9.84 Å². The third-order valence-electron chi connectivity index (χ3n) is 6.68. The van der Waals surface area contributed by atoms with E-state index in [4.69, 9.17) is 9.84 Å². The van der Waals surface area contributed by atoms with Crippen LogP contribution in [0.15, 0.2) is 60.0 Å². The number of nitrogens with one attached hydrogen (secondary N) is 1. The lowest BCUT2D eigenvalue weighted by molar-refractivity contribution is -0.0382. The molecule has 0 atom stereocenters. The number of hydrogen-bond acceptors (Lipinski definition) is 7. The summed E-state index contributed by atoms with van der Waals surface area (Å²) in [4.78, 5) is 15.7. The lowest BCUT2D eigenvalue weighted by Gasteiger charge is -2.28. The number of aromatic nitrogens is 1. The van der Waals surface area contributed by atoms with Gasteiger partial charge in [0.05, 0.1) is 18.4 Å². The number of alkyl halides is 2. The third-order valence-corrected chi connectivity index (χ3v) is 7.56. The first-order valence-electron chi connectivity index (χ1n) is 11.8. The van der Waals surface area contributed by atoms with Crippen LogP contribution in [0, 0.1) is 0 Å². The molecular weight excluding hydrogens is 500 g/mol. The summed E-state index contributed by atoms with van der Waals surface area (Å²) in [6.45, 7) is 0. The molecule has 1 aliphatic carbocycles. The molecule has 0 aliphatic heterocycles. The second kappa shape index (κ2) is 9.95. The molecule has 0 saturated heterocycles. The SMILES string of the molecule is COc1cc(C(=O)O)ccc1NN(O)c1csc(-c2ccc3ccc(C4CCC(F)(F)CC4)cc3c2)n1. The van der Waals surface area contributed by atoms with Crippen LogP contribution in [0.5, 0.6) is 5.75 Å². The number of methoxy groups -OCH3 is 1. The number of benzene rings is 3. The quantitative estimate of drug-likeness (QED) is 0.220. The van der Waals surface area contributed by atoms with Gasteiger partial charge in [-0.25, -0.2) is 18.6 Å². The maximum absolute atomic E-state index is 13.6. The highest BCUT2D eigenvalue weighted by atomic mass is 32.1. The summed E-state index contributed by atoms with van der Waals surface area (Å²) in [5.41, 5.74) is 5.12. The second-order valence-corrected chi connectivity index (χ2v) is 9.96. The van der Waals surface area contributed by atoms with Gasteiger partial charge >= 0.3 is 5.97 Å². The number of nitrogens with zero attached hydrogens (tertiary/aromatic N) is 2. The van der Waals surface area contributed by atoms with Gasteiger partial charge in [-0.15, -0.1) is 16.5 Å². The van der Waals surface area contributed by atoms with Crippen LogP contribution in [-0.4, -0.2) is 34.3 Å². The molecule has 3 aromatic carbocycles. The Morgan fingerprint density at radius 1 is 1.11 bits per heavy atom. The summed E-state index contributed by atoms with van der Waals surface area (Å²) in [6.07, 6.45) is 0.826. The van der Waals surface area contributed by atoms with Crippen molar-refractivity contribution >= 4 is 39.6 Å². The number of fused-ring (bicyclic) bond motifs is 1. The Morgan fingerprint density at radius 2 is 1.86 bits per heavy atom. The highest BCUT2D eigenvalue weighted by Gasteiger charge is 2.35. The van der Waals surface area contributed by atoms with Gasteiger partial charge in [-0.2, -0.15) is 0 Å². The molecule has 7 nitrogen and oxygen atoms in total. The molecule has 4 aromatic rings. The molecule has 0 bridgehead atoms. The van der Waals surface area contributed by atoms with Gasteiger partial charge in [-0.05, 0) is 59.4 Å². The highest BCUT2D eigenvalue weighted by Crippen LogP contribution is 2.41. The zero-order chi connectivity index (χ0) is 26.2. The fourth-order valence-electron chi connectivity index (χ4n) is 4.61. The van der Waals surface area contributed by atoms with Gasteiger partial charge in [0.25, 0.3) is 0 Å². The van der Waals surface area contributed by atoms with E-state index in [1.807, 2.05) is 30.3 Å². The molecule has 1 heterocycles. The van der Waals surface area contributed by atoms with E-state index in [0.29, 0.717) is 23.5 Å². The number of hydrazine groups is 1. The maximum atomic E-state index is 13.6. The van der Waals surface area contributed by atoms with Gasteiger partial charge in [0, 0.05) is 23.8 Å². The van der Waals surface area contributed by atoms with Gasteiger partial charge in [0.2, 0.25) is 5.92 Å². The van der Waals surface area contributed by atoms with E-state index in [0.717, 1.165) is 27.1 Å². The van der Waals surface area contributed by atoms with Crippen LogP contribution in [0.1, 0.15) is 47.5 Å². The predicted octanol–water partition coefficient (Wildman–Crippen LogP) is 7.19. The Labute approximate surface area is 215 Å². The van der Waals surface area contributed by atoms with Crippen molar-refractivity contribution in [2.24, 2.45) is 0 Å². The van der Waals surface area contributed by atoms with Gasteiger partial charge in [0.15, 0.2) is 5.82 Å². The van der Waals surface area contributed by atoms with Crippen LogP contribution < -0.4 is 15.3 Å². The van der Waals surface area contributed by atoms with E-state index in [2.05, 4.69) is 16.5 Å². The molecule has 192 valence electrons. The molecule has 1 aliphatic rings. The van der Waals surface area contributed by atoms with E-state index < -0.39 is 11.9 Å². The van der Waals surface area contributed by atoms with Gasteiger partial charge in [0.1, 0.15) is 10.8 Å². The minimum atomic E-state index is -2.55. The number of anilines is 2. The van der Waals surface area contributed by atoms with Crippen LogP contribution in [0.25, 0.3) is 21.3 Å². The normalized spacial score (nSPS) is 15.5. The number of carboxylic acid groups (broad SMARTS) is 1. The molecule has 1 aromatic heterocycles. The van der Waals surface area contributed by atoms with Crippen molar-refractivity contribution < 1.29 is 28.6 Å². The standard InChI is InChI=1S/C27H25F2N3O4S/c1-36-23-14-20(26(33)34)6-7-22(23)31-32(35)24-15-37-25(30-24)19-5-3-16-2-4-18(12-21(16)13-19)17-8-10-27(28,29)11-9-17/h2-7,12-15,17,31,35H,8-11H2,1H3,(H,33,34). The van der Waals surface area contributed by atoms with E-state index in [9.17, 15) is 18.8 Å². The number of thiazole rings is 1. The summed E-state index contributed by atoms with van der Waals surface area (Å²) >= 11 is 1.35. The Balaban J connectivity index is 1.35. The predicted molar refractivity (Wildman–Crippen MR) is 139 cm³/mol. The van der Waals surface area contributed by atoms with Crippen molar-refractivity contribution in [2.75, 3.05) is 17.7 Å². The molecule has 1 fully saturated rings. The van der Waals surface area contributed by atoms with Crippen molar-refractivity contribution in [1.29, 1.82) is 0 Å². The van der Waals surface area contributed by atoms with Crippen molar-refractivity contribution in [1.82, 2.24) is 4.98 Å². The summed E-state index contributed by atoms with van der Waals surface area (Å²) in [5, 5.41) is 24.9. The Hall–Kier alpha value is -3.76. The maximum Gasteiger partial charge on any atom is 0.335 e. The zero-order valence-corrected chi connectivity index (χ0v) is 20.8. The monoisotopic (exact) mass is 525 g/mol. The molecule has 5 rings (SSSR count). The largest absolute Gasteiger partial charge is 0.494 e. The second-order valence-electron chi connectivity index (χ2n) is 9.11. The van der Waals surface area contributed by atoms with Crippen LogP contribution >= 0.6 is 11.3 Å². The molecule has 0 unspecified atom stereocenters. The molecule has 10 heteroatoms. The van der Waals surface area contributed by atoms with E-state index >= 15 is 0 Å². The zero-order valence-electron chi connectivity index (χ0n) is 19.9. The lowest BCUT2D eigenvalue weighted by atomic mass is 9.82. The van der Waals surface area contributed by atoms with Crippen LogP contribution in [0.4, 0.5) is 20.3 Å². The summed E-state index contributed by atoms with van der Waals surface area (Å²) < 4.78 is 32.4. The number of aromatic carboxylic acids is 1. The minimum absolute atomic E-state index is 0.0590. The van der Waals surface area contributed by atoms with E-state index in [1.165, 1.54) is 36.6 Å². The molecule has 0 amide bonds. The first-order valence-corrected chi connectivity index (χ1v) is 12.6. The van der Waals surface area contributed by atoms with Gasteiger partial charge in [-0.1, -0.05) is 30.3 Å². The van der Waals surface area contributed by atoms with Crippen molar-refractivity contribution in [3.05, 3.63) is 71.1 Å². The van der Waals surface area contributed by atoms with Gasteiger partial charge in [-0.3, -0.25) is 10.6 Å². The molecule has 3 N–H and O–H groups in total. The highest BCUT2D eigenvalue weighted by molar-refractivity contribution is 7.13. The number of hydrogen-bond donors (Lipinski definition) is 3. The van der Waals surface area contributed by atoms with Crippen molar-refractivity contribution in [3.8, 4) is 16.3 Å². The molecule has 1 saturated carbocycles. The molecule has 37 heavy (non-hydrogen) atoms. The Bertz CT molecular complexity index is 1450. The van der Waals surface area contributed by atoms with Crippen LogP contribution in [0.2, 0.25) is 0 Å².